The van der Waals surface area contributed by atoms with Crippen LogP contribution in [0.2, 0.25) is 0 Å². The first-order valence-electron chi connectivity index (χ1n) is 11.9. The van der Waals surface area contributed by atoms with Gasteiger partial charge in [0.05, 0.1) is 26.1 Å². The highest BCUT2D eigenvalue weighted by atomic mass is 79.9. The second kappa shape index (κ2) is 13.5. The Hall–Kier alpha value is -2.80. The van der Waals surface area contributed by atoms with E-state index in [1.165, 1.54) is 6.33 Å². The molecule has 0 aliphatic heterocycles. The molecule has 14 heteroatoms. The van der Waals surface area contributed by atoms with Crippen molar-refractivity contribution in [1.82, 2.24) is 19.5 Å². The molecule has 0 aliphatic carbocycles. The first-order valence-corrected chi connectivity index (χ1v) is 15.4. The first-order chi connectivity index (χ1) is 18.7. The van der Waals surface area contributed by atoms with Gasteiger partial charge in [0.1, 0.15) is 6.35 Å². The third-order valence-electron chi connectivity index (χ3n) is 5.43. The number of aromatic nitrogens is 4. The van der Waals surface area contributed by atoms with E-state index >= 15 is 0 Å². The van der Waals surface area contributed by atoms with E-state index < -0.39 is 13.2 Å². The molecule has 0 radical (unpaired) electrons. The van der Waals surface area contributed by atoms with Crippen molar-refractivity contribution in [1.29, 1.82) is 0 Å². The lowest BCUT2D eigenvalue weighted by molar-refractivity contribution is 0.108. The van der Waals surface area contributed by atoms with E-state index in [0.29, 0.717) is 17.0 Å². The number of thioether (sulfide) groups is 1. The minimum Gasteiger partial charge on any atom is -0.369 e. The number of nitrogens with two attached hydrogens (primary N) is 1. The van der Waals surface area contributed by atoms with Crippen LogP contribution < -0.4 is 11.3 Å². The van der Waals surface area contributed by atoms with E-state index in [0.717, 1.165) is 27.4 Å². The van der Waals surface area contributed by atoms with Gasteiger partial charge in [-0.2, -0.15) is 4.98 Å². The Balaban J connectivity index is 1.33. The van der Waals surface area contributed by atoms with Crippen LogP contribution in [-0.4, -0.2) is 49.9 Å². The number of imidazole rings is 1. The number of carbonyl (C=O) groups excluding carboxylic acids is 1. The SMILES string of the molecule is Cc1ccc(C(=O)SCCOP(=O)(COCCn2cnc3c(=O)[nH]c(N)nc32)OCc2cccc(Br)c2)cc1. The van der Waals surface area contributed by atoms with Gasteiger partial charge in [0.2, 0.25) is 11.1 Å². The molecule has 2 heterocycles. The van der Waals surface area contributed by atoms with Crippen LogP contribution in [0.15, 0.2) is 64.1 Å². The van der Waals surface area contributed by atoms with Gasteiger partial charge in [0, 0.05) is 22.3 Å². The molecule has 206 valence electrons. The second-order valence-corrected chi connectivity index (χ2v) is 12.4. The van der Waals surface area contributed by atoms with Gasteiger partial charge in [-0.05, 0) is 24.6 Å². The van der Waals surface area contributed by atoms with E-state index in [1.54, 1.807) is 16.7 Å². The number of rotatable bonds is 13. The van der Waals surface area contributed by atoms with E-state index in [-0.39, 0.29) is 49.3 Å². The predicted octanol–water partition coefficient (Wildman–Crippen LogP) is 4.75. The highest BCUT2D eigenvalue weighted by Crippen LogP contribution is 2.49. The zero-order chi connectivity index (χ0) is 27.8. The average Bonchev–Trinajstić information content (AvgIpc) is 3.31. The number of benzene rings is 2. The van der Waals surface area contributed by atoms with Crippen LogP contribution in [0.1, 0.15) is 21.5 Å². The quantitative estimate of drug-likeness (QED) is 0.155. The Labute approximate surface area is 237 Å². The summed E-state index contributed by atoms with van der Waals surface area (Å²) in [6.45, 7) is 2.43. The van der Waals surface area contributed by atoms with Crippen molar-refractivity contribution in [2.24, 2.45) is 0 Å². The fraction of sp³-hybridized carbons (Fsp3) is 0.280. The van der Waals surface area contributed by atoms with E-state index in [2.05, 4.69) is 30.9 Å². The number of hydrogen-bond donors (Lipinski definition) is 2. The Bertz CT molecular complexity index is 1540. The molecular weight excluding hydrogens is 609 g/mol. The standard InChI is InChI=1S/C25H27BrN5O6PS/c1-17-5-7-19(8-6-17)24(33)39-12-11-36-38(34,37-14-18-3-2-4-20(26)13-18)16-35-10-9-31-15-28-21-22(31)29-25(27)30-23(21)32/h2-8,13,15H,9-12,14,16H2,1H3,(H3,27,29,30,32). The number of nitrogens with one attached hydrogen (secondary N) is 1. The summed E-state index contributed by atoms with van der Waals surface area (Å²) in [5, 5.41) is -0.0969. The summed E-state index contributed by atoms with van der Waals surface area (Å²) in [7, 11) is -3.69. The third-order valence-corrected chi connectivity index (χ3v) is 8.39. The summed E-state index contributed by atoms with van der Waals surface area (Å²) in [5.41, 5.74) is 8.14. The molecule has 4 aromatic rings. The van der Waals surface area contributed by atoms with Crippen LogP contribution in [-0.2, 0) is 31.5 Å². The van der Waals surface area contributed by atoms with E-state index in [4.69, 9.17) is 19.5 Å². The Kier molecular flexibility index (Phi) is 10.1. The van der Waals surface area contributed by atoms with Crippen LogP contribution in [0, 0.1) is 6.92 Å². The topological polar surface area (TPSA) is 151 Å². The second-order valence-electron chi connectivity index (χ2n) is 8.45. The molecule has 4 rings (SSSR count). The van der Waals surface area contributed by atoms with Gasteiger partial charge in [0.25, 0.3) is 5.56 Å². The lowest BCUT2D eigenvalue weighted by atomic mass is 10.2. The summed E-state index contributed by atoms with van der Waals surface area (Å²) in [4.78, 5) is 34.9. The van der Waals surface area contributed by atoms with Gasteiger partial charge in [-0.3, -0.25) is 19.1 Å². The summed E-state index contributed by atoms with van der Waals surface area (Å²) in [6.07, 6.45) is 1.15. The molecule has 2 aromatic heterocycles. The molecule has 0 aliphatic rings. The molecule has 1 unspecified atom stereocenters. The number of aryl methyl sites for hydroxylation is 1. The van der Waals surface area contributed by atoms with Crippen LogP contribution >= 0.6 is 35.3 Å². The highest BCUT2D eigenvalue weighted by Gasteiger charge is 2.26. The maximum atomic E-state index is 13.5. The van der Waals surface area contributed by atoms with Gasteiger partial charge in [-0.1, -0.05) is 69.7 Å². The molecule has 0 saturated heterocycles. The molecule has 0 fully saturated rings. The predicted molar refractivity (Wildman–Crippen MR) is 154 cm³/mol. The van der Waals surface area contributed by atoms with Crippen LogP contribution in [0.3, 0.4) is 0 Å². The van der Waals surface area contributed by atoms with Crippen LogP contribution in [0.4, 0.5) is 5.95 Å². The van der Waals surface area contributed by atoms with Crippen LogP contribution in [0.25, 0.3) is 11.2 Å². The molecule has 1 atom stereocenters. The van der Waals surface area contributed by atoms with Gasteiger partial charge in [-0.15, -0.1) is 0 Å². The van der Waals surface area contributed by atoms with Crippen molar-refractivity contribution in [2.75, 3.05) is 31.0 Å². The Morgan fingerprint density at radius 2 is 1.97 bits per heavy atom. The largest absolute Gasteiger partial charge is 0.369 e. The number of anilines is 1. The molecule has 39 heavy (non-hydrogen) atoms. The first kappa shape index (κ1) is 29.2. The lowest BCUT2D eigenvalue weighted by Crippen LogP contribution is -2.13. The van der Waals surface area contributed by atoms with Crippen molar-refractivity contribution in [3.63, 3.8) is 0 Å². The van der Waals surface area contributed by atoms with Crippen molar-refractivity contribution in [3.8, 4) is 0 Å². The molecule has 0 spiro atoms. The fourth-order valence-electron chi connectivity index (χ4n) is 3.47. The monoisotopic (exact) mass is 635 g/mol. The fourth-order valence-corrected chi connectivity index (χ4v) is 5.99. The zero-order valence-electron chi connectivity index (χ0n) is 21.0. The van der Waals surface area contributed by atoms with Crippen molar-refractivity contribution >= 4 is 57.5 Å². The number of ether oxygens (including phenoxy) is 1. The van der Waals surface area contributed by atoms with Gasteiger partial charge in [-0.25, -0.2) is 4.98 Å². The third kappa shape index (κ3) is 8.34. The Morgan fingerprint density at radius 1 is 1.18 bits per heavy atom. The summed E-state index contributed by atoms with van der Waals surface area (Å²) < 4.78 is 33.0. The molecular formula is C25H27BrN5O6PS. The zero-order valence-corrected chi connectivity index (χ0v) is 24.3. The van der Waals surface area contributed by atoms with Gasteiger partial charge in [0.15, 0.2) is 11.2 Å². The highest BCUT2D eigenvalue weighted by molar-refractivity contribution is 9.10. The molecule has 0 amide bonds. The number of aromatic amines is 1. The number of hydrogen-bond acceptors (Lipinski definition) is 10. The smallest absolute Gasteiger partial charge is 0.356 e. The summed E-state index contributed by atoms with van der Waals surface area (Å²) in [6, 6.07) is 14.7. The number of nitrogens with zero attached hydrogens (tertiary/aromatic N) is 3. The van der Waals surface area contributed by atoms with Crippen molar-refractivity contribution < 1.29 is 23.1 Å². The number of halogens is 1. The van der Waals surface area contributed by atoms with Gasteiger partial charge < -0.3 is 24.1 Å². The van der Waals surface area contributed by atoms with E-state index in [1.807, 2.05) is 43.3 Å². The number of nitrogen functional groups attached to an aromatic ring is 1. The number of fused-ring (bicyclic) bond motifs is 1. The molecule has 11 nitrogen and oxygen atoms in total. The van der Waals surface area contributed by atoms with Crippen molar-refractivity contribution in [3.05, 3.63) is 86.4 Å². The summed E-state index contributed by atoms with van der Waals surface area (Å²) in [5.74, 6) is 0.271. The number of H-pyrrole nitrogens is 1. The Morgan fingerprint density at radius 3 is 2.74 bits per heavy atom. The lowest BCUT2D eigenvalue weighted by Gasteiger charge is -2.19. The average molecular weight is 636 g/mol. The van der Waals surface area contributed by atoms with Crippen molar-refractivity contribution in [2.45, 2.75) is 20.1 Å². The maximum Gasteiger partial charge on any atom is 0.356 e. The maximum absolute atomic E-state index is 13.5. The summed E-state index contributed by atoms with van der Waals surface area (Å²) >= 11 is 4.49. The molecule has 2 aromatic carbocycles. The molecule has 0 bridgehead atoms. The minimum atomic E-state index is -3.69. The number of carbonyl (C=O) groups is 1. The molecule has 3 N–H and O–H groups in total. The normalized spacial score (nSPS) is 13.0. The van der Waals surface area contributed by atoms with Gasteiger partial charge >= 0.3 is 7.60 Å². The van der Waals surface area contributed by atoms with E-state index in [9.17, 15) is 14.2 Å². The minimum absolute atomic E-state index is 0.0206. The van der Waals surface area contributed by atoms with Crippen LogP contribution in [0.5, 0.6) is 0 Å². The molecule has 0 saturated carbocycles.